The van der Waals surface area contributed by atoms with Crippen LogP contribution in [-0.4, -0.2) is 11.8 Å². The zero-order valence-corrected chi connectivity index (χ0v) is 6.99. The van der Waals surface area contributed by atoms with Gasteiger partial charge in [0.05, 0.1) is 5.71 Å². The van der Waals surface area contributed by atoms with Gasteiger partial charge in [0, 0.05) is 0 Å². The third-order valence-corrected chi connectivity index (χ3v) is 1.58. The van der Waals surface area contributed by atoms with Crippen molar-refractivity contribution in [1.29, 1.82) is 0 Å². The fourth-order valence-electron chi connectivity index (χ4n) is 1.07. The molecule has 1 heterocycles. The summed E-state index contributed by atoms with van der Waals surface area (Å²) in [5, 5.41) is 11.4. The summed E-state index contributed by atoms with van der Waals surface area (Å²) < 4.78 is 0. The van der Waals surface area contributed by atoms with Crippen LogP contribution in [-0.2, 0) is 0 Å². The van der Waals surface area contributed by atoms with Crippen LogP contribution in [0.4, 0.5) is 0 Å². The molecule has 60 valence electrons. The Kier molecular flexibility index (Phi) is 2.95. The molecule has 2 rings (SSSR count). The van der Waals surface area contributed by atoms with E-state index in [1.54, 1.807) is 0 Å². The average molecular weight is 151 g/mol. The van der Waals surface area contributed by atoms with Crippen molar-refractivity contribution in [2.45, 2.75) is 32.7 Å². The summed E-state index contributed by atoms with van der Waals surface area (Å²) in [7, 11) is 0. The molecular weight excluding hydrogens is 138 g/mol. The monoisotopic (exact) mass is 151 g/mol. The van der Waals surface area contributed by atoms with Crippen molar-refractivity contribution in [3.63, 3.8) is 0 Å². The molecule has 1 aliphatic carbocycles. The number of hydrogen-bond donors (Lipinski definition) is 0. The van der Waals surface area contributed by atoms with Crippen LogP contribution < -0.4 is 0 Å². The molecule has 3 heteroatoms. The lowest BCUT2D eigenvalue weighted by Gasteiger charge is -2.06. The lowest BCUT2D eigenvalue weighted by atomic mass is 10.0. The first-order valence-corrected chi connectivity index (χ1v) is 4.10. The number of rotatable bonds is 0. The molecule has 0 aromatic rings. The van der Waals surface area contributed by atoms with Crippen LogP contribution in [0.5, 0.6) is 0 Å². The molecule has 1 atom stereocenters. The zero-order valence-electron chi connectivity index (χ0n) is 6.99. The molecule has 0 aromatic heterocycles. The summed E-state index contributed by atoms with van der Waals surface area (Å²) in [5.74, 6) is 0. The van der Waals surface area contributed by atoms with E-state index in [0.29, 0.717) is 0 Å². The Morgan fingerprint density at radius 1 is 1.45 bits per heavy atom. The van der Waals surface area contributed by atoms with Crippen LogP contribution >= 0.6 is 0 Å². The van der Waals surface area contributed by atoms with Crippen LogP contribution in [0.25, 0.3) is 0 Å². The van der Waals surface area contributed by atoms with Crippen LogP contribution in [0.3, 0.4) is 0 Å². The summed E-state index contributed by atoms with van der Waals surface area (Å²) >= 11 is 0. The Hall–Kier alpha value is -0.990. The molecular formula is C8H13N3. The minimum absolute atomic E-state index is 0.193. The van der Waals surface area contributed by atoms with Gasteiger partial charge in [-0.3, -0.25) is 0 Å². The van der Waals surface area contributed by atoms with Gasteiger partial charge < -0.3 is 0 Å². The second-order valence-corrected chi connectivity index (χ2v) is 2.21. The lowest BCUT2D eigenvalue weighted by Crippen LogP contribution is -2.15. The predicted octanol–water partition coefficient (Wildman–Crippen LogP) is 2.55. The smallest absolute Gasteiger partial charge is 0.131 e. The summed E-state index contributed by atoms with van der Waals surface area (Å²) in [6, 6.07) is 0.193. The maximum Gasteiger partial charge on any atom is 0.131 e. The molecule has 3 nitrogen and oxygen atoms in total. The zero-order chi connectivity index (χ0) is 8.10. The Bertz CT molecular complexity index is 203. The topological polar surface area (TPSA) is 37.1 Å². The van der Waals surface area contributed by atoms with Gasteiger partial charge in [-0.25, -0.2) is 0 Å². The van der Waals surface area contributed by atoms with E-state index in [1.165, 1.54) is 0 Å². The standard InChI is InChI=1S/C6H7N3.C2H6/c1-2-4-6-5(3-1)7-9-8-6;1-2/h1,3,5H,2,4H2;1-2H3. The molecule has 0 saturated carbocycles. The van der Waals surface area contributed by atoms with Crippen LogP contribution in [0.15, 0.2) is 27.6 Å². The molecule has 11 heavy (non-hydrogen) atoms. The highest BCUT2D eigenvalue weighted by atomic mass is 15.4. The first kappa shape index (κ1) is 8.11. The van der Waals surface area contributed by atoms with Crippen molar-refractivity contribution >= 4 is 5.71 Å². The Morgan fingerprint density at radius 2 is 2.27 bits per heavy atom. The predicted molar refractivity (Wildman–Crippen MR) is 45.8 cm³/mol. The normalized spacial score (nSPS) is 25.3. The molecule has 0 N–H and O–H groups in total. The maximum absolute atomic E-state index is 3.89. The summed E-state index contributed by atoms with van der Waals surface area (Å²) in [4.78, 5) is 0. The molecule has 0 amide bonds. The van der Waals surface area contributed by atoms with Gasteiger partial charge in [-0.15, -0.1) is 5.10 Å². The summed E-state index contributed by atoms with van der Waals surface area (Å²) in [5.41, 5.74) is 1.12. The van der Waals surface area contributed by atoms with Gasteiger partial charge in [-0.2, -0.15) is 5.11 Å². The minimum atomic E-state index is 0.193. The minimum Gasteiger partial charge on any atom is -0.155 e. The van der Waals surface area contributed by atoms with E-state index < -0.39 is 0 Å². The fraction of sp³-hybridized carbons (Fsp3) is 0.625. The average Bonchev–Trinajstić information content (AvgIpc) is 2.55. The molecule has 1 unspecified atom stereocenters. The van der Waals surface area contributed by atoms with Crippen LogP contribution in [0.1, 0.15) is 26.7 Å². The van der Waals surface area contributed by atoms with E-state index in [1.807, 2.05) is 13.8 Å². The van der Waals surface area contributed by atoms with Crippen molar-refractivity contribution < 1.29 is 0 Å². The first-order valence-electron chi connectivity index (χ1n) is 4.10. The van der Waals surface area contributed by atoms with Crippen molar-refractivity contribution in [3.8, 4) is 0 Å². The van der Waals surface area contributed by atoms with E-state index in [2.05, 4.69) is 27.6 Å². The molecule has 0 spiro atoms. The Labute approximate surface area is 66.9 Å². The Morgan fingerprint density at radius 3 is 3.00 bits per heavy atom. The van der Waals surface area contributed by atoms with Crippen LogP contribution in [0, 0.1) is 0 Å². The highest BCUT2D eigenvalue weighted by molar-refractivity contribution is 5.92. The van der Waals surface area contributed by atoms with E-state index in [0.717, 1.165) is 18.6 Å². The number of allylic oxidation sites excluding steroid dienone is 1. The van der Waals surface area contributed by atoms with Crippen molar-refractivity contribution in [1.82, 2.24) is 0 Å². The van der Waals surface area contributed by atoms with Gasteiger partial charge in [-0.1, -0.05) is 26.0 Å². The van der Waals surface area contributed by atoms with E-state index in [-0.39, 0.29) is 6.04 Å². The van der Waals surface area contributed by atoms with Gasteiger partial charge in [0.15, 0.2) is 0 Å². The number of fused-ring (bicyclic) bond motifs is 1. The molecule has 0 radical (unpaired) electrons. The molecule has 2 aliphatic rings. The van der Waals surface area contributed by atoms with E-state index in [4.69, 9.17) is 0 Å². The summed E-state index contributed by atoms with van der Waals surface area (Å²) in [6.45, 7) is 4.00. The van der Waals surface area contributed by atoms with E-state index in [9.17, 15) is 0 Å². The van der Waals surface area contributed by atoms with Gasteiger partial charge >= 0.3 is 0 Å². The first-order chi connectivity index (χ1) is 5.47. The maximum atomic E-state index is 3.89. The van der Waals surface area contributed by atoms with Crippen LogP contribution in [0.2, 0.25) is 0 Å². The SMILES string of the molecule is C1=CC2N=NN=C2CC1.CC. The third-order valence-electron chi connectivity index (χ3n) is 1.58. The molecule has 0 bridgehead atoms. The molecule has 0 fully saturated rings. The van der Waals surface area contributed by atoms with E-state index >= 15 is 0 Å². The Balaban J connectivity index is 0.000000281. The second kappa shape index (κ2) is 4.01. The second-order valence-electron chi connectivity index (χ2n) is 2.21. The van der Waals surface area contributed by atoms with Gasteiger partial charge in [0.2, 0.25) is 0 Å². The van der Waals surface area contributed by atoms with Crippen molar-refractivity contribution in [2.75, 3.05) is 0 Å². The molecule has 1 aliphatic heterocycles. The van der Waals surface area contributed by atoms with Gasteiger partial charge in [0.1, 0.15) is 6.04 Å². The third kappa shape index (κ3) is 1.73. The van der Waals surface area contributed by atoms with Gasteiger partial charge in [-0.05, 0) is 18.1 Å². The highest BCUT2D eigenvalue weighted by Gasteiger charge is 2.18. The van der Waals surface area contributed by atoms with Crippen molar-refractivity contribution in [2.24, 2.45) is 15.4 Å². The lowest BCUT2D eigenvalue weighted by molar-refractivity contribution is 0.927. The van der Waals surface area contributed by atoms with Crippen molar-refractivity contribution in [3.05, 3.63) is 12.2 Å². The highest BCUT2D eigenvalue weighted by Crippen LogP contribution is 2.16. The summed E-state index contributed by atoms with van der Waals surface area (Å²) in [6.07, 6.45) is 6.32. The quantitative estimate of drug-likeness (QED) is 0.477. The number of nitrogens with zero attached hydrogens (tertiary/aromatic N) is 3. The molecule has 0 aromatic carbocycles. The fourth-order valence-corrected chi connectivity index (χ4v) is 1.07. The van der Waals surface area contributed by atoms with Gasteiger partial charge in [0.25, 0.3) is 0 Å². The largest absolute Gasteiger partial charge is 0.155 e. The number of hydrogen-bond acceptors (Lipinski definition) is 3. The molecule has 0 saturated heterocycles.